The van der Waals surface area contributed by atoms with Crippen LogP contribution in [0.1, 0.15) is 16.8 Å². The van der Waals surface area contributed by atoms with Crippen molar-refractivity contribution in [1.29, 1.82) is 0 Å². The van der Waals surface area contributed by atoms with E-state index in [4.69, 9.17) is 0 Å². The summed E-state index contributed by atoms with van der Waals surface area (Å²) in [6, 6.07) is 3.52. The molecule has 1 aromatic rings. The molecule has 1 rings (SSSR count). The number of anilines is 1. The van der Waals surface area contributed by atoms with E-state index in [2.05, 4.69) is 10.6 Å². The van der Waals surface area contributed by atoms with Gasteiger partial charge in [-0.25, -0.2) is 12.8 Å². The Hall–Kier alpha value is -1.67. The van der Waals surface area contributed by atoms with E-state index in [0.717, 1.165) is 25.3 Å². The molecule has 0 saturated heterocycles. The number of carbonyl (C=O) groups is 1. The number of nitrogens with one attached hydrogen (secondary N) is 3. The maximum atomic E-state index is 13.4. The Kier molecular flexibility index (Phi) is 5.90. The van der Waals surface area contributed by atoms with Gasteiger partial charge < -0.3 is 10.6 Å². The maximum Gasteiger partial charge on any atom is 0.251 e. The van der Waals surface area contributed by atoms with Gasteiger partial charge in [-0.05, 0) is 38.2 Å². The Balaban J connectivity index is 2.76. The molecule has 8 heteroatoms. The monoisotopic (exact) mass is 303 g/mol. The predicted octanol–water partition coefficient (Wildman–Crippen LogP) is 0.536. The van der Waals surface area contributed by atoms with E-state index in [1.54, 1.807) is 0 Å². The van der Waals surface area contributed by atoms with Crippen molar-refractivity contribution in [3.63, 3.8) is 0 Å². The largest absolute Gasteiger partial charge is 0.352 e. The molecule has 20 heavy (non-hydrogen) atoms. The fourth-order valence-electron chi connectivity index (χ4n) is 1.51. The van der Waals surface area contributed by atoms with Gasteiger partial charge in [0.15, 0.2) is 0 Å². The highest BCUT2D eigenvalue weighted by atomic mass is 32.2. The van der Waals surface area contributed by atoms with Crippen LogP contribution >= 0.6 is 0 Å². The van der Waals surface area contributed by atoms with Crippen molar-refractivity contribution < 1.29 is 17.6 Å². The number of hydrogen-bond donors (Lipinski definition) is 3. The Morgan fingerprint density at radius 1 is 1.30 bits per heavy atom. The van der Waals surface area contributed by atoms with Crippen molar-refractivity contribution >= 4 is 21.6 Å². The highest BCUT2D eigenvalue weighted by molar-refractivity contribution is 7.92. The zero-order chi connectivity index (χ0) is 15.2. The Labute approximate surface area is 117 Å². The molecular formula is C12H18FN3O3S. The van der Waals surface area contributed by atoms with E-state index in [1.807, 2.05) is 11.8 Å². The van der Waals surface area contributed by atoms with Gasteiger partial charge in [-0.1, -0.05) is 0 Å². The SMILES string of the molecule is CNCCCNC(=O)c1ccc(F)c(NS(C)(=O)=O)c1. The smallest absolute Gasteiger partial charge is 0.251 e. The molecule has 3 N–H and O–H groups in total. The van der Waals surface area contributed by atoms with Crippen molar-refractivity contribution in [2.45, 2.75) is 6.42 Å². The summed E-state index contributed by atoms with van der Waals surface area (Å²) in [6.07, 6.45) is 1.68. The van der Waals surface area contributed by atoms with E-state index in [0.29, 0.717) is 6.54 Å². The summed E-state index contributed by atoms with van der Waals surface area (Å²) in [4.78, 5) is 11.8. The molecular weight excluding hydrogens is 285 g/mol. The van der Waals surface area contributed by atoms with E-state index < -0.39 is 15.8 Å². The van der Waals surface area contributed by atoms with Crippen molar-refractivity contribution in [2.24, 2.45) is 0 Å². The van der Waals surface area contributed by atoms with Crippen LogP contribution in [0, 0.1) is 5.82 Å². The Morgan fingerprint density at radius 3 is 2.60 bits per heavy atom. The minimum atomic E-state index is -3.60. The van der Waals surface area contributed by atoms with Gasteiger partial charge >= 0.3 is 0 Å². The number of sulfonamides is 1. The summed E-state index contributed by atoms with van der Waals surface area (Å²) in [7, 11) is -1.79. The molecule has 0 aliphatic heterocycles. The summed E-state index contributed by atoms with van der Waals surface area (Å²) in [6.45, 7) is 1.25. The number of carbonyl (C=O) groups excluding carboxylic acids is 1. The van der Waals surface area contributed by atoms with Crippen molar-refractivity contribution in [2.75, 3.05) is 31.1 Å². The molecule has 0 aliphatic carbocycles. The second kappa shape index (κ2) is 7.20. The van der Waals surface area contributed by atoms with Crippen LogP contribution in [0.2, 0.25) is 0 Å². The number of amides is 1. The molecule has 1 amide bonds. The van der Waals surface area contributed by atoms with Crippen LogP contribution in [0.5, 0.6) is 0 Å². The van der Waals surface area contributed by atoms with Gasteiger partial charge in [0.05, 0.1) is 11.9 Å². The summed E-state index contributed by atoms with van der Waals surface area (Å²) >= 11 is 0. The second-order valence-electron chi connectivity index (χ2n) is 4.28. The molecule has 0 fully saturated rings. The summed E-state index contributed by atoms with van der Waals surface area (Å²) in [5.41, 5.74) is -0.0441. The van der Waals surface area contributed by atoms with Crippen LogP contribution < -0.4 is 15.4 Å². The number of benzene rings is 1. The van der Waals surface area contributed by atoms with Crippen LogP contribution in [0.15, 0.2) is 18.2 Å². The standard InChI is InChI=1S/C12H18FN3O3S/c1-14-6-3-7-15-12(17)9-4-5-10(13)11(8-9)16-20(2,18)19/h4-5,8,14,16H,3,6-7H2,1-2H3,(H,15,17). The third-order valence-corrected chi connectivity index (χ3v) is 3.00. The van der Waals surface area contributed by atoms with Crippen LogP contribution in [-0.2, 0) is 10.0 Å². The van der Waals surface area contributed by atoms with E-state index in [1.165, 1.54) is 12.1 Å². The zero-order valence-electron chi connectivity index (χ0n) is 11.4. The molecule has 0 saturated carbocycles. The quantitative estimate of drug-likeness (QED) is 0.642. The van der Waals surface area contributed by atoms with Crippen molar-refractivity contribution in [3.8, 4) is 0 Å². The second-order valence-corrected chi connectivity index (χ2v) is 6.03. The van der Waals surface area contributed by atoms with E-state index in [9.17, 15) is 17.6 Å². The first-order valence-electron chi connectivity index (χ1n) is 6.03. The van der Waals surface area contributed by atoms with Crippen LogP contribution in [-0.4, -0.2) is 40.7 Å². The lowest BCUT2D eigenvalue weighted by molar-refractivity contribution is 0.0953. The van der Waals surface area contributed by atoms with Gasteiger partial charge in [-0.2, -0.15) is 0 Å². The molecule has 0 heterocycles. The highest BCUT2D eigenvalue weighted by Crippen LogP contribution is 2.17. The summed E-state index contributed by atoms with van der Waals surface area (Å²) < 4.78 is 37.7. The van der Waals surface area contributed by atoms with E-state index in [-0.39, 0.29) is 17.2 Å². The molecule has 0 unspecified atom stereocenters. The van der Waals surface area contributed by atoms with E-state index >= 15 is 0 Å². The van der Waals surface area contributed by atoms with Crippen molar-refractivity contribution in [1.82, 2.24) is 10.6 Å². The first kappa shape index (κ1) is 16.4. The fraction of sp³-hybridized carbons (Fsp3) is 0.417. The number of halogens is 1. The van der Waals surface area contributed by atoms with Crippen LogP contribution in [0.4, 0.5) is 10.1 Å². The third kappa shape index (κ3) is 5.54. The molecule has 0 atom stereocenters. The molecule has 0 spiro atoms. The average Bonchev–Trinajstić information content (AvgIpc) is 2.35. The topological polar surface area (TPSA) is 87.3 Å². The lowest BCUT2D eigenvalue weighted by atomic mass is 10.2. The molecule has 0 aliphatic rings. The molecule has 6 nitrogen and oxygen atoms in total. The van der Waals surface area contributed by atoms with Gasteiger partial charge in [0, 0.05) is 12.1 Å². The Bertz CT molecular complexity index is 575. The highest BCUT2D eigenvalue weighted by Gasteiger charge is 2.12. The molecule has 0 radical (unpaired) electrons. The normalized spacial score (nSPS) is 11.2. The summed E-state index contributed by atoms with van der Waals surface area (Å²) in [5, 5.41) is 5.61. The number of hydrogen-bond acceptors (Lipinski definition) is 4. The molecule has 0 aromatic heterocycles. The van der Waals surface area contributed by atoms with Gasteiger partial charge in [-0.3, -0.25) is 9.52 Å². The third-order valence-electron chi connectivity index (χ3n) is 2.41. The van der Waals surface area contributed by atoms with Gasteiger partial charge in [0.1, 0.15) is 5.82 Å². The average molecular weight is 303 g/mol. The first-order valence-corrected chi connectivity index (χ1v) is 7.93. The minimum Gasteiger partial charge on any atom is -0.352 e. The first-order chi connectivity index (χ1) is 9.33. The molecule has 0 bridgehead atoms. The number of rotatable bonds is 7. The minimum absolute atomic E-state index is 0.196. The summed E-state index contributed by atoms with van der Waals surface area (Å²) in [5.74, 6) is -1.11. The van der Waals surface area contributed by atoms with Crippen LogP contribution in [0.25, 0.3) is 0 Å². The lowest BCUT2D eigenvalue weighted by Gasteiger charge is -2.09. The molecule has 1 aromatic carbocycles. The fourth-order valence-corrected chi connectivity index (χ4v) is 2.07. The zero-order valence-corrected chi connectivity index (χ0v) is 12.2. The predicted molar refractivity (Wildman–Crippen MR) is 75.7 cm³/mol. The molecule has 112 valence electrons. The maximum absolute atomic E-state index is 13.4. The van der Waals surface area contributed by atoms with Gasteiger partial charge in [0.25, 0.3) is 5.91 Å². The van der Waals surface area contributed by atoms with Crippen LogP contribution in [0.3, 0.4) is 0 Å². The van der Waals surface area contributed by atoms with Gasteiger partial charge in [0.2, 0.25) is 10.0 Å². The Morgan fingerprint density at radius 2 is 2.00 bits per heavy atom. The van der Waals surface area contributed by atoms with Gasteiger partial charge in [-0.15, -0.1) is 0 Å². The van der Waals surface area contributed by atoms with Crippen molar-refractivity contribution in [3.05, 3.63) is 29.6 Å². The lowest BCUT2D eigenvalue weighted by Crippen LogP contribution is -2.26.